The minimum atomic E-state index is -0.134. The van der Waals surface area contributed by atoms with Gasteiger partial charge < -0.3 is 5.32 Å². The molecule has 2 aromatic carbocycles. The van der Waals surface area contributed by atoms with Crippen LogP contribution in [0, 0.1) is 0 Å². The van der Waals surface area contributed by atoms with E-state index in [1.807, 2.05) is 71.5 Å². The lowest BCUT2D eigenvalue weighted by atomic mass is 10.1. The summed E-state index contributed by atoms with van der Waals surface area (Å²) in [6, 6.07) is 18.9. The van der Waals surface area contributed by atoms with E-state index in [2.05, 4.69) is 15.4 Å². The van der Waals surface area contributed by atoms with E-state index < -0.39 is 0 Å². The van der Waals surface area contributed by atoms with Gasteiger partial charge >= 0.3 is 0 Å². The normalized spacial score (nSPS) is 10.9. The first kappa shape index (κ1) is 18.2. The van der Waals surface area contributed by atoms with Gasteiger partial charge in [-0.2, -0.15) is 5.10 Å². The van der Waals surface area contributed by atoms with E-state index in [0.29, 0.717) is 17.1 Å². The number of aryl methyl sites for hydroxylation is 2. The smallest absolute Gasteiger partial charge is 0.251 e. The highest BCUT2D eigenvalue weighted by atomic mass is 35.5. The maximum atomic E-state index is 12.5. The van der Waals surface area contributed by atoms with Crippen LogP contribution in [-0.4, -0.2) is 20.7 Å². The molecule has 0 radical (unpaired) electrons. The zero-order valence-electron chi connectivity index (χ0n) is 15.2. The van der Waals surface area contributed by atoms with Gasteiger partial charge in [-0.1, -0.05) is 35.9 Å². The van der Waals surface area contributed by atoms with Gasteiger partial charge in [0, 0.05) is 53.6 Å². The molecule has 0 atom stereocenters. The van der Waals surface area contributed by atoms with Crippen molar-refractivity contribution in [3.05, 3.63) is 94.9 Å². The highest BCUT2D eigenvalue weighted by Crippen LogP contribution is 2.16. The van der Waals surface area contributed by atoms with Crippen LogP contribution in [0.15, 0.2) is 73.1 Å². The molecule has 0 bridgehead atoms. The number of aromatic nitrogens is 3. The van der Waals surface area contributed by atoms with Gasteiger partial charge in [0.2, 0.25) is 0 Å². The Morgan fingerprint density at radius 3 is 2.82 bits per heavy atom. The third kappa shape index (κ3) is 4.38. The number of rotatable bonds is 6. The van der Waals surface area contributed by atoms with Gasteiger partial charge in [-0.25, -0.2) is 0 Å². The Balaban J connectivity index is 1.42. The van der Waals surface area contributed by atoms with Crippen LogP contribution < -0.4 is 5.32 Å². The maximum absolute atomic E-state index is 12.5. The van der Waals surface area contributed by atoms with Crippen molar-refractivity contribution in [3.8, 4) is 0 Å². The van der Waals surface area contributed by atoms with Crippen LogP contribution in [0.2, 0.25) is 5.02 Å². The molecular weight excluding hydrogens is 372 g/mol. The van der Waals surface area contributed by atoms with Crippen LogP contribution in [-0.2, 0) is 19.5 Å². The van der Waals surface area contributed by atoms with Crippen molar-refractivity contribution in [2.24, 2.45) is 0 Å². The fraction of sp³-hybridized carbons (Fsp3) is 0.136. The summed E-state index contributed by atoms with van der Waals surface area (Å²) in [4.78, 5) is 16.8. The van der Waals surface area contributed by atoms with Crippen LogP contribution in [0.5, 0.6) is 0 Å². The molecule has 4 rings (SSSR count). The molecule has 6 heteroatoms. The van der Waals surface area contributed by atoms with E-state index in [0.717, 1.165) is 35.1 Å². The highest BCUT2D eigenvalue weighted by Gasteiger charge is 2.09. The zero-order valence-corrected chi connectivity index (χ0v) is 15.9. The summed E-state index contributed by atoms with van der Waals surface area (Å²) in [6.07, 6.45) is 4.59. The lowest BCUT2D eigenvalue weighted by molar-refractivity contribution is 0.0951. The molecule has 1 N–H and O–H groups in total. The number of fused-ring (bicyclic) bond motifs is 1. The first-order chi connectivity index (χ1) is 13.7. The van der Waals surface area contributed by atoms with Crippen molar-refractivity contribution in [2.45, 2.75) is 19.5 Å². The highest BCUT2D eigenvalue weighted by molar-refractivity contribution is 6.30. The van der Waals surface area contributed by atoms with Crippen LogP contribution in [0.4, 0.5) is 0 Å². The zero-order chi connectivity index (χ0) is 19.3. The number of nitrogens with zero attached hydrogens (tertiary/aromatic N) is 3. The number of hydrogen-bond acceptors (Lipinski definition) is 3. The molecule has 0 unspecified atom stereocenters. The number of carbonyl (C=O) groups is 1. The number of halogens is 1. The van der Waals surface area contributed by atoms with Crippen LogP contribution in [0.25, 0.3) is 10.9 Å². The summed E-state index contributed by atoms with van der Waals surface area (Å²) >= 11 is 5.98. The third-order valence-corrected chi connectivity index (χ3v) is 4.72. The van der Waals surface area contributed by atoms with Crippen molar-refractivity contribution < 1.29 is 4.79 Å². The van der Waals surface area contributed by atoms with Gasteiger partial charge in [-0.05, 0) is 42.0 Å². The minimum Gasteiger partial charge on any atom is -0.348 e. The number of carbonyl (C=O) groups excluding carboxylic acids is 1. The molecular formula is C22H19ClN4O. The maximum Gasteiger partial charge on any atom is 0.251 e. The van der Waals surface area contributed by atoms with Crippen molar-refractivity contribution in [3.63, 3.8) is 0 Å². The molecule has 1 amide bonds. The summed E-state index contributed by atoms with van der Waals surface area (Å²) in [7, 11) is 0. The molecule has 0 aliphatic rings. The van der Waals surface area contributed by atoms with E-state index in [4.69, 9.17) is 11.6 Å². The third-order valence-electron chi connectivity index (χ3n) is 4.48. The Labute approximate surface area is 168 Å². The monoisotopic (exact) mass is 390 g/mol. The molecule has 0 spiro atoms. The summed E-state index contributed by atoms with van der Waals surface area (Å²) in [5, 5.41) is 9.18. The average molecular weight is 391 g/mol. The fourth-order valence-electron chi connectivity index (χ4n) is 3.03. The number of pyridine rings is 1. The minimum absolute atomic E-state index is 0.134. The Hall–Kier alpha value is -3.18. The fourth-order valence-corrected chi connectivity index (χ4v) is 3.24. The lowest BCUT2D eigenvalue weighted by Crippen LogP contribution is -2.22. The van der Waals surface area contributed by atoms with Crippen LogP contribution in [0.1, 0.15) is 21.6 Å². The largest absolute Gasteiger partial charge is 0.348 e. The molecule has 28 heavy (non-hydrogen) atoms. The summed E-state index contributed by atoms with van der Waals surface area (Å²) in [5.74, 6) is -0.134. The average Bonchev–Trinajstić information content (AvgIpc) is 3.13. The number of amides is 1. The Bertz CT molecular complexity index is 1110. The van der Waals surface area contributed by atoms with E-state index in [-0.39, 0.29) is 5.91 Å². The Morgan fingerprint density at radius 2 is 2.00 bits per heavy atom. The second-order valence-corrected chi connectivity index (χ2v) is 6.99. The molecule has 0 saturated heterocycles. The molecule has 5 nitrogen and oxygen atoms in total. The van der Waals surface area contributed by atoms with Crippen molar-refractivity contribution in [1.29, 1.82) is 0 Å². The second-order valence-electron chi connectivity index (χ2n) is 6.55. The molecule has 4 aromatic rings. The quantitative estimate of drug-likeness (QED) is 0.535. The SMILES string of the molecule is O=C(NCc1cccc(Cl)c1)c1ccc2cn(CCc3ccccn3)nc2c1. The Morgan fingerprint density at radius 1 is 1.07 bits per heavy atom. The number of hydrogen-bond donors (Lipinski definition) is 1. The number of nitrogens with one attached hydrogen (secondary N) is 1. The standard InChI is InChI=1S/C22H19ClN4O/c23-19-5-3-4-16(12-19)14-25-22(28)17-7-8-18-15-27(26-21(18)13-17)11-9-20-6-1-2-10-24-20/h1-8,10,12-13,15H,9,11,14H2,(H,25,28). The molecule has 140 valence electrons. The summed E-state index contributed by atoms with van der Waals surface area (Å²) in [5.41, 5.74) is 3.38. The van der Waals surface area contributed by atoms with Gasteiger partial charge in [0.25, 0.3) is 5.91 Å². The summed E-state index contributed by atoms with van der Waals surface area (Å²) in [6.45, 7) is 1.16. The molecule has 2 aromatic heterocycles. The van der Waals surface area contributed by atoms with Crippen molar-refractivity contribution in [2.75, 3.05) is 0 Å². The van der Waals surface area contributed by atoms with Crippen molar-refractivity contribution >= 4 is 28.4 Å². The Kier molecular flexibility index (Phi) is 5.35. The summed E-state index contributed by atoms with van der Waals surface area (Å²) < 4.78 is 1.90. The molecule has 0 fully saturated rings. The number of benzene rings is 2. The van der Waals surface area contributed by atoms with Crippen molar-refractivity contribution in [1.82, 2.24) is 20.1 Å². The molecule has 0 aliphatic carbocycles. The van der Waals surface area contributed by atoms with Gasteiger partial charge in [-0.15, -0.1) is 0 Å². The van der Waals surface area contributed by atoms with Gasteiger partial charge in [-0.3, -0.25) is 14.5 Å². The van der Waals surface area contributed by atoms with E-state index >= 15 is 0 Å². The first-order valence-corrected chi connectivity index (χ1v) is 9.45. The van der Waals surface area contributed by atoms with E-state index in [9.17, 15) is 4.79 Å². The topological polar surface area (TPSA) is 59.8 Å². The molecule has 0 aliphatic heterocycles. The predicted molar refractivity (Wildman–Crippen MR) is 110 cm³/mol. The van der Waals surface area contributed by atoms with Gasteiger partial charge in [0.15, 0.2) is 0 Å². The lowest BCUT2D eigenvalue weighted by Gasteiger charge is -2.06. The predicted octanol–water partition coefficient (Wildman–Crippen LogP) is 4.26. The van der Waals surface area contributed by atoms with E-state index in [1.54, 1.807) is 6.20 Å². The van der Waals surface area contributed by atoms with Gasteiger partial charge in [0.1, 0.15) is 0 Å². The molecule has 0 saturated carbocycles. The second kappa shape index (κ2) is 8.23. The van der Waals surface area contributed by atoms with Gasteiger partial charge in [0.05, 0.1) is 5.52 Å². The molecule has 2 heterocycles. The van der Waals surface area contributed by atoms with E-state index in [1.165, 1.54) is 0 Å². The first-order valence-electron chi connectivity index (χ1n) is 9.07. The van der Waals surface area contributed by atoms with Crippen LogP contribution >= 0.6 is 11.6 Å². The van der Waals surface area contributed by atoms with Crippen LogP contribution in [0.3, 0.4) is 0 Å².